The molecular weight excluding hydrogens is 528 g/mol. The Bertz CT molecular complexity index is 524. The fourth-order valence-corrected chi connectivity index (χ4v) is 2.66. The maximum Gasteiger partial charge on any atom is -0.0354 e. The molecule has 1 aliphatic rings. The van der Waals surface area contributed by atoms with E-state index < -0.39 is 0 Å². The highest BCUT2D eigenvalue weighted by Crippen LogP contribution is 2.34. The molecule has 0 N–H and O–H groups in total. The zero-order chi connectivity index (χ0) is 36.0. The summed E-state index contributed by atoms with van der Waals surface area (Å²) >= 11 is 0. The molecule has 0 radical (unpaired) electrons. The molecule has 0 atom stereocenters. The van der Waals surface area contributed by atoms with Crippen molar-refractivity contribution in [2.24, 2.45) is 10.8 Å². The normalized spacial score (nSPS) is 10.8. The Morgan fingerprint density at radius 3 is 0.545 bits per heavy atom. The van der Waals surface area contributed by atoms with Crippen LogP contribution in [-0.2, 0) is 0 Å². The summed E-state index contributed by atoms with van der Waals surface area (Å²) in [6.45, 7) is 37.8. The molecule has 3 aromatic rings. The van der Waals surface area contributed by atoms with E-state index in [0.717, 1.165) is 0 Å². The third-order valence-corrected chi connectivity index (χ3v) is 4.21. The molecule has 0 heterocycles. The summed E-state index contributed by atoms with van der Waals surface area (Å²) in [5, 5.41) is 0. The van der Waals surface area contributed by atoms with Crippen LogP contribution in [0.3, 0.4) is 0 Å². The lowest BCUT2D eigenvalue weighted by Crippen LogP contribution is -2.14. The van der Waals surface area contributed by atoms with Gasteiger partial charge in [0.05, 0.1) is 0 Å². The average molecular weight is 613 g/mol. The van der Waals surface area contributed by atoms with E-state index in [1.165, 1.54) is 38.5 Å². The van der Waals surface area contributed by atoms with Gasteiger partial charge >= 0.3 is 0 Å². The van der Waals surface area contributed by atoms with Crippen LogP contribution in [0.2, 0.25) is 0 Å². The van der Waals surface area contributed by atoms with Crippen LogP contribution in [0.15, 0.2) is 109 Å². The molecule has 0 bridgehead atoms. The molecule has 1 saturated carbocycles. The van der Waals surface area contributed by atoms with E-state index in [0.29, 0.717) is 10.8 Å². The highest BCUT2D eigenvalue weighted by molar-refractivity contribution is 5.00. The summed E-state index contributed by atoms with van der Waals surface area (Å²) < 4.78 is 0. The van der Waals surface area contributed by atoms with E-state index in [9.17, 15) is 0 Å². The Kier molecular flexibility index (Phi) is 73.6. The summed E-state index contributed by atoms with van der Waals surface area (Å²) in [4.78, 5) is 0. The summed E-state index contributed by atoms with van der Waals surface area (Å²) in [7, 11) is 0. The molecule has 0 aliphatic heterocycles. The van der Waals surface area contributed by atoms with Crippen LogP contribution in [0.4, 0.5) is 0 Å². The van der Waals surface area contributed by atoms with Gasteiger partial charge in [0.25, 0.3) is 0 Å². The minimum absolute atomic E-state index is 0.500. The fraction of sp³-hybridized carbons (Fsp3) is 0.591. The van der Waals surface area contributed by atoms with Crippen molar-refractivity contribution in [1.82, 2.24) is 0 Å². The van der Waals surface area contributed by atoms with Crippen LogP contribution in [0, 0.1) is 10.8 Å². The van der Waals surface area contributed by atoms with Crippen molar-refractivity contribution < 1.29 is 0 Å². The van der Waals surface area contributed by atoms with Crippen LogP contribution < -0.4 is 0 Å². The molecule has 0 unspecified atom stereocenters. The molecule has 44 heavy (non-hydrogen) atoms. The summed E-state index contributed by atoms with van der Waals surface area (Å²) in [5.41, 5.74) is 1.18. The Morgan fingerprint density at radius 1 is 0.364 bits per heavy atom. The van der Waals surface area contributed by atoms with Crippen LogP contribution in [0.5, 0.6) is 0 Å². The zero-order valence-electron chi connectivity index (χ0n) is 33.6. The first-order chi connectivity index (χ1) is 21.1. The lowest BCUT2D eigenvalue weighted by molar-refractivity contribution is 0.244. The molecule has 1 fully saturated rings. The monoisotopic (exact) mass is 613 g/mol. The number of benzene rings is 3. The number of hydrogen-bond donors (Lipinski definition) is 0. The van der Waals surface area contributed by atoms with Gasteiger partial charge in [-0.3, -0.25) is 0 Å². The number of hydrogen-bond acceptors (Lipinski definition) is 0. The second-order valence-electron chi connectivity index (χ2n) is 10.9. The first-order valence-electron chi connectivity index (χ1n) is 18.1. The summed E-state index contributed by atoms with van der Waals surface area (Å²) in [6, 6.07) is 36.0. The van der Waals surface area contributed by atoms with E-state index in [2.05, 4.69) is 55.4 Å². The van der Waals surface area contributed by atoms with E-state index in [4.69, 9.17) is 0 Å². The maximum absolute atomic E-state index is 2.38. The maximum atomic E-state index is 2.38. The molecule has 0 amide bonds. The third kappa shape index (κ3) is 90.0. The quantitative estimate of drug-likeness (QED) is 0.237. The van der Waals surface area contributed by atoms with Gasteiger partial charge in [0.15, 0.2) is 0 Å². The van der Waals surface area contributed by atoms with Gasteiger partial charge < -0.3 is 0 Å². The van der Waals surface area contributed by atoms with Crippen molar-refractivity contribution in [2.75, 3.05) is 0 Å². The molecular formula is C44H84. The number of rotatable bonds is 0. The predicted molar refractivity (Wildman–Crippen MR) is 214 cm³/mol. The average Bonchev–Trinajstić information content (AvgIpc) is 3.09. The fourth-order valence-electron chi connectivity index (χ4n) is 2.66. The summed E-state index contributed by atoms with van der Waals surface area (Å²) in [6.07, 6.45) is 8.56. The van der Waals surface area contributed by atoms with Gasteiger partial charge in [0, 0.05) is 0 Å². The SMILES string of the molecule is CC.CC.CC.CC.CC.CC(C)(C)C.CC1(C)CCCCC1.CCC.c1ccccc1.c1ccccc1.c1ccccc1. The van der Waals surface area contributed by atoms with Gasteiger partial charge in [-0.15, -0.1) is 0 Å². The molecule has 0 nitrogen and oxygen atoms in total. The third-order valence-electron chi connectivity index (χ3n) is 4.21. The van der Waals surface area contributed by atoms with Gasteiger partial charge in [0.1, 0.15) is 0 Å². The lowest BCUT2D eigenvalue weighted by Gasteiger charge is -2.28. The predicted octanol–water partition coefficient (Wildman–Crippen LogP) is 16.6. The first-order valence-corrected chi connectivity index (χ1v) is 18.1. The topological polar surface area (TPSA) is 0 Å². The first kappa shape index (κ1) is 57.3. The smallest absolute Gasteiger partial charge is 0.0354 e. The van der Waals surface area contributed by atoms with E-state index in [-0.39, 0.29) is 0 Å². The van der Waals surface area contributed by atoms with Gasteiger partial charge in [-0.2, -0.15) is 0 Å². The van der Waals surface area contributed by atoms with Crippen LogP contribution in [0.1, 0.15) is 163 Å². The standard InChI is InChI=1S/C8H16.3C6H6.C5H12.C3H8.5C2H6/c1-8(2)6-4-3-5-7-8;3*1-2-4-6-5-3-1;1-5(2,3)4;1-3-2;5*1-2/h3-7H2,1-2H3;3*1-6H;1-4H3;3H2,1-2H3;5*1-2H3. The molecule has 0 heteroatoms. The minimum atomic E-state index is 0.500. The van der Waals surface area contributed by atoms with E-state index in [1.807, 2.05) is 178 Å². The Morgan fingerprint density at radius 2 is 0.477 bits per heavy atom. The second kappa shape index (κ2) is 56.4. The molecule has 0 aromatic heterocycles. The highest BCUT2D eigenvalue weighted by atomic mass is 14.3. The van der Waals surface area contributed by atoms with Crippen LogP contribution in [0.25, 0.3) is 0 Å². The highest BCUT2D eigenvalue weighted by Gasteiger charge is 2.19. The van der Waals surface area contributed by atoms with Crippen molar-refractivity contribution in [3.8, 4) is 0 Å². The van der Waals surface area contributed by atoms with Crippen molar-refractivity contribution >= 4 is 0 Å². The Labute approximate surface area is 282 Å². The van der Waals surface area contributed by atoms with Gasteiger partial charge in [-0.05, 0) is 23.7 Å². The van der Waals surface area contributed by atoms with Gasteiger partial charge in [-0.25, -0.2) is 0 Å². The molecule has 260 valence electrons. The zero-order valence-corrected chi connectivity index (χ0v) is 33.6. The molecule has 1 aliphatic carbocycles. The Balaban J connectivity index is -0.0000000715. The van der Waals surface area contributed by atoms with Gasteiger partial charge in [0.2, 0.25) is 0 Å². The second-order valence-corrected chi connectivity index (χ2v) is 10.9. The largest absolute Gasteiger partial charge is 0.0683 e. The lowest BCUT2D eigenvalue weighted by atomic mass is 9.78. The Hall–Kier alpha value is -2.34. The molecule has 0 spiro atoms. The van der Waals surface area contributed by atoms with Crippen molar-refractivity contribution in [1.29, 1.82) is 0 Å². The molecule has 0 saturated heterocycles. The molecule has 4 rings (SSSR count). The molecule has 3 aromatic carbocycles. The van der Waals surface area contributed by atoms with Crippen molar-refractivity contribution in [3.05, 3.63) is 109 Å². The minimum Gasteiger partial charge on any atom is -0.0683 e. The van der Waals surface area contributed by atoms with Crippen molar-refractivity contribution in [2.45, 2.75) is 163 Å². The van der Waals surface area contributed by atoms with Crippen molar-refractivity contribution in [3.63, 3.8) is 0 Å². The van der Waals surface area contributed by atoms with Crippen LogP contribution in [-0.4, -0.2) is 0 Å². The van der Waals surface area contributed by atoms with Gasteiger partial charge in [-0.1, -0.05) is 260 Å². The summed E-state index contributed by atoms with van der Waals surface area (Å²) in [5.74, 6) is 0. The van der Waals surface area contributed by atoms with E-state index >= 15 is 0 Å². The van der Waals surface area contributed by atoms with E-state index in [1.54, 1.807) is 0 Å². The van der Waals surface area contributed by atoms with Crippen LogP contribution >= 0.6 is 0 Å².